The van der Waals surface area contributed by atoms with Crippen LogP contribution in [-0.4, -0.2) is 21.4 Å². The minimum atomic E-state index is -3.58. The van der Waals surface area contributed by atoms with Crippen LogP contribution in [0.3, 0.4) is 0 Å². The first kappa shape index (κ1) is 20.2. The van der Waals surface area contributed by atoms with Gasteiger partial charge >= 0.3 is 0 Å². The molecule has 1 aliphatic heterocycles. The van der Waals surface area contributed by atoms with E-state index in [-0.39, 0.29) is 26.6 Å². The standard InChI is InChI=1S/C20H15Cl2NO4S2/c1-27-14-4-2-3-11(5-14)9-23-20(24)16-6-12-10-29(25,26)17-8-13(21)7-15(22)18(17)19(12)28-16/h2-8H,9-10H2,1H3,(H,23,24). The third-order valence-corrected chi connectivity index (χ3v) is 7.94. The Kier molecular flexibility index (Phi) is 5.33. The SMILES string of the molecule is COc1cccc(CNC(=O)c2cc3c(s2)-c2c(Cl)cc(Cl)cc2S(=O)(=O)C3)c1. The van der Waals surface area contributed by atoms with Gasteiger partial charge in [-0.05, 0) is 41.5 Å². The van der Waals surface area contributed by atoms with E-state index in [0.717, 1.165) is 5.56 Å². The Labute approximate surface area is 182 Å². The van der Waals surface area contributed by atoms with E-state index < -0.39 is 9.84 Å². The van der Waals surface area contributed by atoms with Crippen LogP contribution in [-0.2, 0) is 22.1 Å². The van der Waals surface area contributed by atoms with Crippen molar-refractivity contribution in [2.45, 2.75) is 17.2 Å². The molecular weight excluding hydrogens is 453 g/mol. The van der Waals surface area contributed by atoms with Crippen molar-refractivity contribution in [2.24, 2.45) is 0 Å². The van der Waals surface area contributed by atoms with Gasteiger partial charge in [-0.1, -0.05) is 35.3 Å². The highest BCUT2D eigenvalue weighted by Gasteiger charge is 2.33. The first-order chi connectivity index (χ1) is 13.8. The van der Waals surface area contributed by atoms with E-state index in [9.17, 15) is 13.2 Å². The van der Waals surface area contributed by atoms with Crippen molar-refractivity contribution in [1.82, 2.24) is 5.32 Å². The summed E-state index contributed by atoms with van der Waals surface area (Å²) in [4.78, 5) is 13.9. The summed E-state index contributed by atoms with van der Waals surface area (Å²) in [5.41, 5.74) is 1.87. The molecular formula is C20H15Cl2NO4S2. The van der Waals surface area contributed by atoms with Crippen molar-refractivity contribution in [3.63, 3.8) is 0 Å². The molecule has 4 rings (SSSR count). The van der Waals surface area contributed by atoms with E-state index in [1.54, 1.807) is 13.2 Å². The lowest BCUT2D eigenvalue weighted by Crippen LogP contribution is -2.21. The zero-order chi connectivity index (χ0) is 20.8. The molecule has 150 valence electrons. The van der Waals surface area contributed by atoms with Gasteiger partial charge in [0, 0.05) is 22.0 Å². The average molecular weight is 468 g/mol. The number of benzene rings is 2. The third-order valence-electron chi connectivity index (χ3n) is 4.55. The van der Waals surface area contributed by atoms with Crippen LogP contribution in [0.25, 0.3) is 10.4 Å². The third kappa shape index (κ3) is 3.88. The molecule has 0 bridgehead atoms. The maximum absolute atomic E-state index is 12.7. The number of hydrogen-bond donors (Lipinski definition) is 1. The normalized spacial score (nSPS) is 14.0. The Morgan fingerprint density at radius 2 is 2.00 bits per heavy atom. The van der Waals surface area contributed by atoms with E-state index in [1.807, 2.05) is 24.3 Å². The summed E-state index contributed by atoms with van der Waals surface area (Å²) in [5, 5.41) is 3.37. The highest BCUT2D eigenvalue weighted by atomic mass is 35.5. The van der Waals surface area contributed by atoms with Gasteiger partial charge < -0.3 is 10.1 Å². The van der Waals surface area contributed by atoms with Crippen LogP contribution in [0, 0.1) is 0 Å². The second-order valence-corrected chi connectivity index (χ2v) is 10.4. The van der Waals surface area contributed by atoms with Gasteiger partial charge in [0.25, 0.3) is 5.91 Å². The molecule has 0 aliphatic carbocycles. The number of carbonyl (C=O) groups excluding carboxylic acids is 1. The molecule has 0 spiro atoms. The molecule has 29 heavy (non-hydrogen) atoms. The van der Waals surface area contributed by atoms with E-state index >= 15 is 0 Å². The molecule has 2 aromatic carbocycles. The maximum atomic E-state index is 12.7. The zero-order valence-electron chi connectivity index (χ0n) is 15.2. The van der Waals surface area contributed by atoms with Crippen LogP contribution in [0.15, 0.2) is 47.4 Å². The number of halogens is 2. The highest BCUT2D eigenvalue weighted by molar-refractivity contribution is 7.91. The molecule has 0 atom stereocenters. The second kappa shape index (κ2) is 7.65. The number of sulfone groups is 1. The summed E-state index contributed by atoms with van der Waals surface area (Å²) in [6.07, 6.45) is 0. The summed E-state index contributed by atoms with van der Waals surface area (Å²) in [7, 11) is -2.00. The summed E-state index contributed by atoms with van der Waals surface area (Å²) >= 11 is 13.5. The Morgan fingerprint density at radius 1 is 1.21 bits per heavy atom. The smallest absolute Gasteiger partial charge is 0.261 e. The van der Waals surface area contributed by atoms with Crippen LogP contribution in [0.1, 0.15) is 20.8 Å². The first-order valence-corrected chi connectivity index (χ1v) is 11.8. The molecule has 9 heteroatoms. The zero-order valence-corrected chi connectivity index (χ0v) is 18.3. The summed E-state index contributed by atoms with van der Waals surface area (Å²) in [6, 6.07) is 11.9. The molecule has 1 aromatic heterocycles. The average Bonchev–Trinajstić information content (AvgIpc) is 3.09. The van der Waals surface area contributed by atoms with Gasteiger partial charge in [-0.25, -0.2) is 8.42 Å². The predicted octanol–water partition coefficient (Wildman–Crippen LogP) is 4.95. The highest BCUT2D eigenvalue weighted by Crippen LogP contribution is 2.47. The second-order valence-electron chi connectivity index (χ2n) is 6.52. The first-order valence-electron chi connectivity index (χ1n) is 8.54. The number of amides is 1. The fraction of sp³-hybridized carbons (Fsp3) is 0.150. The van der Waals surface area contributed by atoms with Crippen molar-refractivity contribution in [2.75, 3.05) is 7.11 Å². The molecule has 0 radical (unpaired) electrons. The van der Waals surface area contributed by atoms with E-state index in [2.05, 4.69) is 5.32 Å². The number of nitrogens with one attached hydrogen (secondary N) is 1. The molecule has 1 aliphatic rings. The number of rotatable bonds is 4. The van der Waals surface area contributed by atoms with Crippen LogP contribution < -0.4 is 10.1 Å². The van der Waals surface area contributed by atoms with Gasteiger partial charge in [0.05, 0.1) is 27.7 Å². The Hall–Kier alpha value is -2.06. The summed E-state index contributed by atoms with van der Waals surface area (Å²) < 4.78 is 30.5. The molecule has 2 heterocycles. The summed E-state index contributed by atoms with van der Waals surface area (Å²) in [6.45, 7) is 0.323. The number of methoxy groups -OCH3 is 1. The molecule has 0 saturated heterocycles. The Balaban J connectivity index is 1.64. The molecule has 3 aromatic rings. The van der Waals surface area contributed by atoms with Crippen molar-refractivity contribution in [3.8, 4) is 16.2 Å². The van der Waals surface area contributed by atoms with Gasteiger partial charge in [0.15, 0.2) is 9.84 Å². The fourth-order valence-corrected chi connectivity index (χ4v) is 6.92. The largest absolute Gasteiger partial charge is 0.497 e. The minimum absolute atomic E-state index is 0.104. The van der Waals surface area contributed by atoms with E-state index in [4.69, 9.17) is 27.9 Å². The predicted molar refractivity (Wildman–Crippen MR) is 115 cm³/mol. The molecule has 0 unspecified atom stereocenters. The molecule has 5 nitrogen and oxygen atoms in total. The number of ether oxygens (including phenoxy) is 1. The van der Waals surface area contributed by atoms with Gasteiger partial charge in [0.2, 0.25) is 0 Å². The van der Waals surface area contributed by atoms with Gasteiger partial charge in [-0.2, -0.15) is 0 Å². The lowest BCUT2D eigenvalue weighted by molar-refractivity contribution is 0.0955. The summed E-state index contributed by atoms with van der Waals surface area (Å²) in [5.74, 6) is 0.237. The number of fused-ring (bicyclic) bond motifs is 3. The molecule has 0 fully saturated rings. The number of hydrogen-bond acceptors (Lipinski definition) is 5. The Bertz CT molecular complexity index is 1240. The van der Waals surface area contributed by atoms with Gasteiger partial charge in [0.1, 0.15) is 5.75 Å². The van der Waals surface area contributed by atoms with Gasteiger partial charge in [-0.3, -0.25) is 4.79 Å². The van der Waals surface area contributed by atoms with Crippen molar-refractivity contribution < 1.29 is 17.9 Å². The molecule has 1 amide bonds. The minimum Gasteiger partial charge on any atom is -0.497 e. The number of thiophene rings is 1. The van der Waals surface area contributed by atoms with Crippen molar-refractivity contribution >= 4 is 50.3 Å². The molecule has 1 N–H and O–H groups in total. The quantitative estimate of drug-likeness (QED) is 0.588. The monoisotopic (exact) mass is 467 g/mol. The van der Waals surface area contributed by atoms with Crippen LogP contribution in [0.5, 0.6) is 5.75 Å². The fourth-order valence-electron chi connectivity index (χ4n) is 3.21. The topological polar surface area (TPSA) is 72.5 Å². The van der Waals surface area contributed by atoms with Crippen LogP contribution in [0.2, 0.25) is 10.0 Å². The van der Waals surface area contributed by atoms with Gasteiger partial charge in [-0.15, -0.1) is 11.3 Å². The maximum Gasteiger partial charge on any atom is 0.261 e. The van der Waals surface area contributed by atoms with Crippen molar-refractivity contribution in [3.05, 3.63) is 68.5 Å². The Morgan fingerprint density at radius 3 is 2.76 bits per heavy atom. The van der Waals surface area contributed by atoms with Crippen LogP contribution >= 0.6 is 34.5 Å². The lowest BCUT2D eigenvalue weighted by atomic mass is 10.1. The number of carbonyl (C=O) groups is 1. The van der Waals surface area contributed by atoms with E-state index in [1.165, 1.54) is 23.5 Å². The lowest BCUT2D eigenvalue weighted by Gasteiger charge is -2.18. The van der Waals surface area contributed by atoms with E-state index in [0.29, 0.717) is 33.2 Å². The molecule has 0 saturated carbocycles. The van der Waals surface area contributed by atoms with Crippen LogP contribution in [0.4, 0.5) is 0 Å². The van der Waals surface area contributed by atoms with Crippen molar-refractivity contribution in [1.29, 1.82) is 0 Å².